The van der Waals surface area contributed by atoms with E-state index in [1.807, 2.05) is 50.2 Å². The minimum Gasteiger partial charge on any atom is -0.378 e. The largest absolute Gasteiger partial charge is 0.378 e. The summed E-state index contributed by atoms with van der Waals surface area (Å²) in [4.78, 5) is 15.2. The Labute approximate surface area is 96.9 Å². The quantitative estimate of drug-likeness (QED) is 0.849. The second-order valence-corrected chi connectivity index (χ2v) is 3.89. The van der Waals surface area contributed by atoms with Crippen molar-refractivity contribution in [1.29, 1.82) is 0 Å². The molecule has 1 N–H and O–H groups in total. The fraction of sp³-hybridized carbons (Fsp3) is 0.417. The highest BCUT2D eigenvalue weighted by atomic mass is 16.2. The highest BCUT2D eigenvalue weighted by Crippen LogP contribution is 2.15. The number of rotatable bonds is 3. The third-order valence-electron chi connectivity index (χ3n) is 2.46. The molecule has 16 heavy (non-hydrogen) atoms. The maximum atomic E-state index is 11.6. The first-order valence-electron chi connectivity index (χ1n) is 5.34. The van der Waals surface area contributed by atoms with E-state index in [1.54, 1.807) is 11.9 Å². The van der Waals surface area contributed by atoms with Crippen LogP contribution in [0.25, 0.3) is 0 Å². The van der Waals surface area contributed by atoms with Crippen LogP contribution in [0.4, 0.5) is 16.2 Å². The SMILES string of the molecule is CCN(C)C(=O)Nc1ccc(N(C)C)cc1. The Morgan fingerprint density at radius 3 is 2.19 bits per heavy atom. The number of hydrogen-bond acceptors (Lipinski definition) is 2. The first-order chi connectivity index (χ1) is 7.54. The molecular formula is C12H19N3O. The average molecular weight is 221 g/mol. The van der Waals surface area contributed by atoms with Crippen molar-refractivity contribution in [3.05, 3.63) is 24.3 Å². The predicted octanol–water partition coefficient (Wildman–Crippen LogP) is 2.24. The Kier molecular flexibility index (Phi) is 4.17. The first kappa shape index (κ1) is 12.4. The Morgan fingerprint density at radius 2 is 1.75 bits per heavy atom. The molecule has 0 heterocycles. The van der Waals surface area contributed by atoms with Gasteiger partial charge in [0, 0.05) is 39.1 Å². The van der Waals surface area contributed by atoms with Crippen molar-refractivity contribution in [2.75, 3.05) is 37.9 Å². The van der Waals surface area contributed by atoms with Crippen molar-refractivity contribution in [2.24, 2.45) is 0 Å². The van der Waals surface area contributed by atoms with Crippen LogP contribution < -0.4 is 10.2 Å². The summed E-state index contributed by atoms with van der Waals surface area (Å²) in [5.74, 6) is 0. The summed E-state index contributed by atoms with van der Waals surface area (Å²) in [5, 5.41) is 2.83. The summed E-state index contributed by atoms with van der Waals surface area (Å²) in [5.41, 5.74) is 1.93. The number of nitrogens with one attached hydrogen (secondary N) is 1. The molecule has 2 amide bonds. The van der Waals surface area contributed by atoms with Gasteiger partial charge in [-0.1, -0.05) is 0 Å². The molecule has 0 atom stereocenters. The molecule has 0 saturated heterocycles. The van der Waals surface area contributed by atoms with Crippen molar-refractivity contribution in [2.45, 2.75) is 6.92 Å². The predicted molar refractivity (Wildman–Crippen MR) is 68.1 cm³/mol. The lowest BCUT2D eigenvalue weighted by atomic mass is 10.2. The fourth-order valence-electron chi connectivity index (χ4n) is 1.21. The number of amides is 2. The van der Waals surface area contributed by atoms with E-state index in [2.05, 4.69) is 5.32 Å². The molecule has 0 aliphatic rings. The standard InChI is InChI=1S/C12H19N3O/c1-5-15(4)12(16)13-10-6-8-11(9-7-10)14(2)3/h6-9H,5H2,1-4H3,(H,13,16). The van der Waals surface area contributed by atoms with Crippen LogP contribution in [-0.2, 0) is 0 Å². The smallest absolute Gasteiger partial charge is 0.321 e. The van der Waals surface area contributed by atoms with E-state index in [-0.39, 0.29) is 6.03 Å². The molecule has 0 aromatic heterocycles. The molecule has 1 aromatic carbocycles. The van der Waals surface area contributed by atoms with Gasteiger partial charge in [-0.25, -0.2) is 4.79 Å². The summed E-state index contributed by atoms with van der Waals surface area (Å²) in [6, 6.07) is 7.66. The van der Waals surface area contributed by atoms with Gasteiger partial charge in [-0.3, -0.25) is 0 Å². The van der Waals surface area contributed by atoms with Crippen LogP contribution in [-0.4, -0.2) is 38.6 Å². The van der Waals surface area contributed by atoms with E-state index >= 15 is 0 Å². The van der Waals surface area contributed by atoms with Gasteiger partial charge < -0.3 is 15.1 Å². The van der Waals surface area contributed by atoms with Crippen molar-refractivity contribution in [1.82, 2.24) is 4.90 Å². The van der Waals surface area contributed by atoms with Crippen molar-refractivity contribution < 1.29 is 4.79 Å². The van der Waals surface area contributed by atoms with E-state index < -0.39 is 0 Å². The zero-order chi connectivity index (χ0) is 12.1. The van der Waals surface area contributed by atoms with Gasteiger partial charge in [-0.15, -0.1) is 0 Å². The zero-order valence-corrected chi connectivity index (χ0v) is 10.3. The third-order valence-corrected chi connectivity index (χ3v) is 2.46. The number of carbonyl (C=O) groups excluding carboxylic acids is 1. The van der Waals surface area contributed by atoms with E-state index in [9.17, 15) is 4.79 Å². The van der Waals surface area contributed by atoms with Gasteiger partial charge in [0.25, 0.3) is 0 Å². The fourth-order valence-corrected chi connectivity index (χ4v) is 1.21. The molecule has 4 heteroatoms. The Morgan fingerprint density at radius 1 is 1.19 bits per heavy atom. The zero-order valence-electron chi connectivity index (χ0n) is 10.3. The number of benzene rings is 1. The summed E-state index contributed by atoms with van der Waals surface area (Å²) >= 11 is 0. The minimum atomic E-state index is -0.0832. The molecule has 0 unspecified atom stereocenters. The van der Waals surface area contributed by atoms with Gasteiger partial charge in [0.15, 0.2) is 0 Å². The number of hydrogen-bond donors (Lipinski definition) is 1. The molecule has 0 saturated carbocycles. The van der Waals surface area contributed by atoms with E-state index in [4.69, 9.17) is 0 Å². The van der Waals surface area contributed by atoms with Gasteiger partial charge in [-0.2, -0.15) is 0 Å². The average Bonchev–Trinajstić information content (AvgIpc) is 2.28. The Bertz CT molecular complexity index is 346. The maximum Gasteiger partial charge on any atom is 0.321 e. The number of carbonyl (C=O) groups is 1. The molecule has 0 bridgehead atoms. The van der Waals surface area contributed by atoms with Gasteiger partial charge in [0.2, 0.25) is 0 Å². The number of urea groups is 1. The number of nitrogens with zero attached hydrogens (tertiary/aromatic N) is 2. The van der Waals surface area contributed by atoms with Crippen LogP contribution in [0.2, 0.25) is 0 Å². The Hall–Kier alpha value is -1.71. The van der Waals surface area contributed by atoms with Gasteiger partial charge in [0.05, 0.1) is 0 Å². The van der Waals surface area contributed by atoms with E-state index in [1.165, 1.54) is 0 Å². The summed E-state index contributed by atoms with van der Waals surface area (Å²) in [7, 11) is 5.74. The van der Waals surface area contributed by atoms with Crippen LogP contribution in [0.5, 0.6) is 0 Å². The second kappa shape index (κ2) is 5.39. The van der Waals surface area contributed by atoms with Gasteiger partial charge >= 0.3 is 6.03 Å². The molecule has 0 aliphatic carbocycles. The molecule has 0 spiro atoms. The summed E-state index contributed by atoms with van der Waals surface area (Å²) in [6.07, 6.45) is 0. The van der Waals surface area contributed by atoms with Crippen LogP contribution in [0, 0.1) is 0 Å². The molecule has 1 aromatic rings. The van der Waals surface area contributed by atoms with Crippen LogP contribution in [0.1, 0.15) is 6.92 Å². The van der Waals surface area contributed by atoms with Gasteiger partial charge in [0.1, 0.15) is 0 Å². The molecule has 1 rings (SSSR count). The normalized spacial score (nSPS) is 9.75. The van der Waals surface area contributed by atoms with E-state index in [0.717, 1.165) is 11.4 Å². The Balaban J connectivity index is 2.65. The van der Waals surface area contributed by atoms with Crippen LogP contribution in [0.3, 0.4) is 0 Å². The minimum absolute atomic E-state index is 0.0832. The molecule has 0 fully saturated rings. The van der Waals surface area contributed by atoms with Crippen molar-refractivity contribution in [3.8, 4) is 0 Å². The molecule has 88 valence electrons. The second-order valence-electron chi connectivity index (χ2n) is 3.89. The summed E-state index contributed by atoms with van der Waals surface area (Å²) < 4.78 is 0. The van der Waals surface area contributed by atoms with Crippen LogP contribution in [0.15, 0.2) is 24.3 Å². The van der Waals surface area contributed by atoms with Gasteiger partial charge in [-0.05, 0) is 31.2 Å². The summed E-state index contributed by atoms with van der Waals surface area (Å²) in [6.45, 7) is 2.64. The lowest BCUT2D eigenvalue weighted by Crippen LogP contribution is -2.30. The molecule has 4 nitrogen and oxygen atoms in total. The van der Waals surface area contributed by atoms with Crippen molar-refractivity contribution in [3.63, 3.8) is 0 Å². The van der Waals surface area contributed by atoms with Crippen LogP contribution >= 0.6 is 0 Å². The third kappa shape index (κ3) is 3.15. The highest BCUT2D eigenvalue weighted by molar-refractivity contribution is 5.89. The lowest BCUT2D eigenvalue weighted by molar-refractivity contribution is 0.224. The molecular weight excluding hydrogens is 202 g/mol. The maximum absolute atomic E-state index is 11.6. The topological polar surface area (TPSA) is 35.6 Å². The first-order valence-corrected chi connectivity index (χ1v) is 5.34. The van der Waals surface area contributed by atoms with E-state index in [0.29, 0.717) is 6.54 Å². The number of anilines is 2. The highest BCUT2D eigenvalue weighted by Gasteiger charge is 2.05. The lowest BCUT2D eigenvalue weighted by Gasteiger charge is -2.16. The molecule has 0 radical (unpaired) electrons. The van der Waals surface area contributed by atoms with Crippen molar-refractivity contribution >= 4 is 17.4 Å². The monoisotopic (exact) mass is 221 g/mol. The molecule has 0 aliphatic heterocycles.